The van der Waals surface area contributed by atoms with Gasteiger partial charge in [-0.1, -0.05) is 24.9 Å². The highest BCUT2D eigenvalue weighted by Crippen LogP contribution is 2.31. The number of nitrogens with one attached hydrogen (secondary N) is 1. The van der Waals surface area contributed by atoms with E-state index in [1.807, 2.05) is 0 Å². The molecule has 10 heteroatoms. The monoisotopic (exact) mass is 379 g/mol. The zero-order valence-electron chi connectivity index (χ0n) is 11.9. The molecule has 0 fully saturated rings. The average Bonchev–Trinajstić information content (AvgIpc) is 2.79. The number of hydrogen-bond acceptors (Lipinski definition) is 4. The van der Waals surface area contributed by atoms with Crippen molar-refractivity contribution < 1.29 is 26.7 Å². The van der Waals surface area contributed by atoms with Crippen molar-refractivity contribution in [2.75, 3.05) is 0 Å². The minimum atomic E-state index is -4.44. The van der Waals surface area contributed by atoms with Gasteiger partial charge in [0.25, 0.3) is 0 Å². The number of alkyl halides is 3. The van der Waals surface area contributed by atoms with Crippen LogP contribution in [0.25, 0.3) is 0 Å². The maximum atomic E-state index is 12.6. The number of aliphatic hydroxyl groups excluding tert-OH is 1. The van der Waals surface area contributed by atoms with Gasteiger partial charge < -0.3 is 5.11 Å². The minimum absolute atomic E-state index is 0.0722. The van der Waals surface area contributed by atoms with E-state index in [9.17, 15) is 26.7 Å². The summed E-state index contributed by atoms with van der Waals surface area (Å²) in [6, 6.07) is 1.40. The Labute approximate surface area is 136 Å². The second-order valence-corrected chi connectivity index (χ2v) is 8.59. The number of hydrogen-bond donors (Lipinski definition) is 2. The third kappa shape index (κ3) is 5.69. The molecule has 0 spiro atoms. The first kappa shape index (κ1) is 19.7. The lowest BCUT2D eigenvalue weighted by atomic mass is 9.90. The Morgan fingerprint density at radius 3 is 2.36 bits per heavy atom. The number of halogens is 4. The normalized spacial score (nSPS) is 17.2. The van der Waals surface area contributed by atoms with Crippen molar-refractivity contribution in [1.29, 1.82) is 0 Å². The SMILES string of the molecule is CC[C@H](CC(F)(F)F)C(NS(=O)(=O)c1ccc(Cl)s1)[C@H](C)O. The van der Waals surface area contributed by atoms with E-state index in [1.54, 1.807) is 0 Å². The molecule has 0 amide bonds. The van der Waals surface area contributed by atoms with Crippen molar-refractivity contribution in [3.63, 3.8) is 0 Å². The van der Waals surface area contributed by atoms with Gasteiger partial charge in [0.2, 0.25) is 10.0 Å². The molecular formula is C12H17ClF3NO3S2. The standard InChI is InChI=1S/C12H17ClF3NO3S2/c1-3-8(6-12(14,15)16)11(7(2)18)17-22(19,20)10-5-4-9(13)21-10/h4-5,7-8,11,17-18H,3,6H2,1-2H3/t7-,8+,11?/m0/s1. The van der Waals surface area contributed by atoms with Gasteiger partial charge in [-0.2, -0.15) is 13.2 Å². The molecule has 1 aromatic heterocycles. The highest BCUT2D eigenvalue weighted by Gasteiger charge is 2.38. The van der Waals surface area contributed by atoms with E-state index in [2.05, 4.69) is 4.72 Å². The van der Waals surface area contributed by atoms with Gasteiger partial charge in [-0.25, -0.2) is 13.1 Å². The van der Waals surface area contributed by atoms with Gasteiger partial charge >= 0.3 is 6.18 Å². The molecule has 0 bridgehead atoms. The second kappa shape index (κ2) is 7.48. The van der Waals surface area contributed by atoms with Crippen LogP contribution in [-0.4, -0.2) is 31.8 Å². The molecule has 1 unspecified atom stereocenters. The average molecular weight is 380 g/mol. The molecule has 22 heavy (non-hydrogen) atoms. The van der Waals surface area contributed by atoms with E-state index in [1.165, 1.54) is 26.0 Å². The predicted molar refractivity (Wildman–Crippen MR) is 79.6 cm³/mol. The van der Waals surface area contributed by atoms with Crippen LogP contribution in [0.5, 0.6) is 0 Å². The number of thiophene rings is 1. The molecule has 0 radical (unpaired) electrons. The molecule has 128 valence electrons. The molecule has 1 heterocycles. The Morgan fingerprint density at radius 2 is 2.00 bits per heavy atom. The molecule has 1 aromatic rings. The Morgan fingerprint density at radius 1 is 1.41 bits per heavy atom. The van der Waals surface area contributed by atoms with Crippen molar-refractivity contribution >= 4 is 33.0 Å². The van der Waals surface area contributed by atoms with Crippen LogP contribution in [0.1, 0.15) is 26.7 Å². The van der Waals surface area contributed by atoms with Gasteiger partial charge in [0.15, 0.2) is 0 Å². The molecule has 0 aliphatic heterocycles. The number of rotatable bonds is 7. The Kier molecular flexibility index (Phi) is 6.70. The Hall–Kier alpha value is -0.350. The summed E-state index contributed by atoms with van der Waals surface area (Å²) in [7, 11) is -4.04. The molecule has 3 atom stereocenters. The smallest absolute Gasteiger partial charge is 0.389 e. The highest BCUT2D eigenvalue weighted by atomic mass is 35.5. The fourth-order valence-electron chi connectivity index (χ4n) is 2.09. The number of sulfonamides is 1. The van der Waals surface area contributed by atoms with E-state index >= 15 is 0 Å². The van der Waals surface area contributed by atoms with Crippen molar-refractivity contribution in [2.45, 2.75) is 49.2 Å². The molecule has 0 aliphatic rings. The lowest BCUT2D eigenvalue weighted by Gasteiger charge is -2.29. The lowest BCUT2D eigenvalue weighted by Crippen LogP contribution is -2.47. The first-order chi connectivity index (χ1) is 9.96. The van der Waals surface area contributed by atoms with Crippen LogP contribution in [0.4, 0.5) is 13.2 Å². The molecule has 0 aromatic carbocycles. The summed E-state index contributed by atoms with van der Waals surface area (Å²) in [5.41, 5.74) is 0. The minimum Gasteiger partial charge on any atom is -0.392 e. The van der Waals surface area contributed by atoms with Crippen molar-refractivity contribution in [1.82, 2.24) is 4.72 Å². The summed E-state index contributed by atoms with van der Waals surface area (Å²) in [5, 5.41) is 9.71. The third-order valence-electron chi connectivity index (χ3n) is 3.15. The second-order valence-electron chi connectivity index (χ2n) is 4.93. The van der Waals surface area contributed by atoms with Gasteiger partial charge in [-0.15, -0.1) is 11.3 Å². The zero-order valence-corrected chi connectivity index (χ0v) is 14.3. The van der Waals surface area contributed by atoms with E-state index in [-0.39, 0.29) is 15.0 Å². The van der Waals surface area contributed by atoms with Crippen LogP contribution in [0.15, 0.2) is 16.3 Å². The van der Waals surface area contributed by atoms with Crippen LogP contribution in [0.2, 0.25) is 4.34 Å². The fraction of sp³-hybridized carbons (Fsp3) is 0.667. The molecule has 0 saturated heterocycles. The van der Waals surface area contributed by atoms with Crippen LogP contribution >= 0.6 is 22.9 Å². The number of aliphatic hydroxyl groups is 1. The topological polar surface area (TPSA) is 66.4 Å². The van der Waals surface area contributed by atoms with E-state index in [0.29, 0.717) is 0 Å². The van der Waals surface area contributed by atoms with Gasteiger partial charge in [0, 0.05) is 6.42 Å². The summed E-state index contributed by atoms with van der Waals surface area (Å²) in [4.78, 5) is 0. The van der Waals surface area contributed by atoms with Crippen molar-refractivity contribution in [3.05, 3.63) is 16.5 Å². The van der Waals surface area contributed by atoms with E-state index in [0.717, 1.165) is 11.3 Å². The van der Waals surface area contributed by atoms with Gasteiger partial charge in [0.05, 0.1) is 16.5 Å². The van der Waals surface area contributed by atoms with Gasteiger partial charge in [-0.05, 0) is 25.0 Å². The first-order valence-electron chi connectivity index (χ1n) is 6.48. The molecular weight excluding hydrogens is 363 g/mol. The van der Waals surface area contributed by atoms with E-state index < -0.39 is 40.7 Å². The Bertz CT molecular complexity index is 587. The molecule has 4 nitrogen and oxygen atoms in total. The summed E-state index contributed by atoms with van der Waals surface area (Å²) in [6.45, 7) is 2.77. The van der Waals surface area contributed by atoms with Gasteiger partial charge in [-0.3, -0.25) is 0 Å². The maximum absolute atomic E-state index is 12.6. The maximum Gasteiger partial charge on any atom is 0.389 e. The van der Waals surface area contributed by atoms with Crippen LogP contribution < -0.4 is 4.72 Å². The van der Waals surface area contributed by atoms with E-state index in [4.69, 9.17) is 11.6 Å². The largest absolute Gasteiger partial charge is 0.392 e. The van der Waals surface area contributed by atoms with Crippen LogP contribution in [-0.2, 0) is 10.0 Å². The summed E-state index contributed by atoms with van der Waals surface area (Å²) in [5.74, 6) is -1.06. The molecule has 2 N–H and O–H groups in total. The first-order valence-corrected chi connectivity index (χ1v) is 9.16. The van der Waals surface area contributed by atoms with Crippen molar-refractivity contribution in [2.24, 2.45) is 5.92 Å². The molecule has 1 rings (SSSR count). The van der Waals surface area contributed by atoms with Crippen LogP contribution in [0.3, 0.4) is 0 Å². The Balaban J connectivity index is 3.01. The summed E-state index contributed by atoms with van der Waals surface area (Å²) < 4.78 is 64.5. The molecule has 0 aliphatic carbocycles. The fourth-order valence-corrected chi connectivity index (χ4v) is 4.97. The van der Waals surface area contributed by atoms with Crippen molar-refractivity contribution in [3.8, 4) is 0 Å². The van der Waals surface area contributed by atoms with Gasteiger partial charge in [0.1, 0.15) is 4.21 Å². The summed E-state index contributed by atoms with van der Waals surface area (Å²) >= 11 is 6.46. The lowest BCUT2D eigenvalue weighted by molar-refractivity contribution is -0.148. The summed E-state index contributed by atoms with van der Waals surface area (Å²) in [6.07, 6.45) is -6.81. The van der Waals surface area contributed by atoms with Crippen LogP contribution in [0, 0.1) is 5.92 Å². The quantitative estimate of drug-likeness (QED) is 0.763. The zero-order chi connectivity index (χ0) is 17.1. The predicted octanol–water partition coefficient (Wildman–Crippen LogP) is 3.41. The third-order valence-corrected chi connectivity index (χ3v) is 6.33. The highest BCUT2D eigenvalue weighted by molar-refractivity contribution is 7.91. The molecule has 0 saturated carbocycles.